The predicted octanol–water partition coefficient (Wildman–Crippen LogP) is 18.3. The number of fused-ring (bicyclic) bond motifs is 10. The summed E-state index contributed by atoms with van der Waals surface area (Å²) >= 11 is 0. The average molecular weight is 903 g/mol. The molecule has 0 amide bonds. The molecule has 0 aliphatic heterocycles. The smallest absolute Gasteiger partial charge is 0.0713 e. The van der Waals surface area contributed by atoms with Crippen molar-refractivity contribution < 1.29 is 0 Å². The molecule has 12 aromatic carbocycles. The van der Waals surface area contributed by atoms with Crippen molar-refractivity contribution in [1.82, 2.24) is 4.57 Å². The number of anilines is 3. The molecule has 0 fully saturated rings. The molecule has 2 nitrogen and oxygen atoms in total. The SMILES string of the molecule is c1ccc(N(c2ccccc2)c2cccc(-c3ccccc3-c3ccc4c5ccc6ccccc6c5n(-c5ccc6c(c5)-c5c(ccc7ccccc57)C6(c5ccccc5)c5ccccc5)c4c3)c2)cc1. The Kier molecular flexibility index (Phi) is 9.47. The second kappa shape index (κ2) is 16.5. The number of hydrogen-bond acceptors (Lipinski definition) is 1. The van der Waals surface area contributed by atoms with E-state index in [-0.39, 0.29) is 0 Å². The first-order valence-electron chi connectivity index (χ1n) is 24.6. The first kappa shape index (κ1) is 40.8. The average Bonchev–Trinajstić information content (AvgIpc) is 3.96. The van der Waals surface area contributed by atoms with Crippen LogP contribution in [0.2, 0.25) is 0 Å². The molecular weight excluding hydrogens is 857 g/mol. The summed E-state index contributed by atoms with van der Waals surface area (Å²) in [5.41, 5.74) is 18.7. The Bertz CT molecular complexity index is 4080. The molecule has 1 aliphatic rings. The fourth-order valence-electron chi connectivity index (χ4n) is 12.0. The zero-order valence-electron chi connectivity index (χ0n) is 39.0. The molecule has 332 valence electrons. The van der Waals surface area contributed by atoms with Crippen molar-refractivity contribution in [3.05, 3.63) is 301 Å². The maximum absolute atomic E-state index is 2.55. The van der Waals surface area contributed by atoms with Crippen molar-refractivity contribution in [2.24, 2.45) is 0 Å². The molecule has 0 unspecified atom stereocenters. The van der Waals surface area contributed by atoms with E-state index >= 15 is 0 Å². The van der Waals surface area contributed by atoms with Crippen LogP contribution in [0.4, 0.5) is 17.1 Å². The van der Waals surface area contributed by atoms with E-state index in [2.05, 4.69) is 289 Å². The second-order valence-corrected chi connectivity index (χ2v) is 18.8. The van der Waals surface area contributed by atoms with Gasteiger partial charge in [0.05, 0.1) is 16.4 Å². The Labute approximate surface area is 413 Å². The molecule has 2 heteroatoms. The monoisotopic (exact) mass is 902 g/mol. The minimum absolute atomic E-state index is 0.517. The summed E-state index contributed by atoms with van der Waals surface area (Å²) in [5.74, 6) is 0. The maximum atomic E-state index is 2.55. The van der Waals surface area contributed by atoms with Crippen LogP contribution in [0.1, 0.15) is 22.3 Å². The van der Waals surface area contributed by atoms with Crippen LogP contribution in [0, 0.1) is 0 Å². The summed E-state index contributed by atoms with van der Waals surface area (Å²) in [6.45, 7) is 0. The Morgan fingerprint density at radius 3 is 1.51 bits per heavy atom. The first-order chi connectivity index (χ1) is 35.2. The van der Waals surface area contributed by atoms with E-state index in [1.165, 1.54) is 93.4 Å². The topological polar surface area (TPSA) is 8.17 Å². The van der Waals surface area contributed by atoms with Gasteiger partial charge in [0.15, 0.2) is 0 Å². The summed E-state index contributed by atoms with van der Waals surface area (Å²) in [6, 6.07) is 103. The fraction of sp³-hybridized carbons (Fsp3) is 0.0145. The highest BCUT2D eigenvalue weighted by atomic mass is 15.1. The number of nitrogens with zero attached hydrogens (tertiary/aromatic N) is 2. The number of hydrogen-bond donors (Lipinski definition) is 0. The summed E-state index contributed by atoms with van der Waals surface area (Å²) in [7, 11) is 0. The number of rotatable bonds is 8. The molecule has 14 rings (SSSR count). The highest BCUT2D eigenvalue weighted by Gasteiger charge is 2.47. The van der Waals surface area contributed by atoms with E-state index in [9.17, 15) is 0 Å². The number of benzene rings is 12. The predicted molar refractivity (Wildman–Crippen MR) is 299 cm³/mol. The quantitative estimate of drug-likeness (QED) is 0.147. The lowest BCUT2D eigenvalue weighted by molar-refractivity contribution is 0.769. The zero-order chi connectivity index (χ0) is 46.9. The molecule has 0 spiro atoms. The maximum Gasteiger partial charge on any atom is 0.0713 e. The van der Waals surface area contributed by atoms with Crippen LogP contribution in [0.15, 0.2) is 279 Å². The Morgan fingerprint density at radius 2 is 0.831 bits per heavy atom. The van der Waals surface area contributed by atoms with Crippen molar-refractivity contribution >= 4 is 60.4 Å². The number of para-hydroxylation sites is 2. The first-order valence-corrected chi connectivity index (χ1v) is 24.6. The molecule has 1 aromatic heterocycles. The van der Waals surface area contributed by atoms with E-state index in [4.69, 9.17) is 0 Å². The molecule has 0 bridgehead atoms. The molecule has 0 saturated carbocycles. The molecular formula is C69H46N2. The third kappa shape index (κ3) is 6.35. The van der Waals surface area contributed by atoms with Crippen molar-refractivity contribution in [3.8, 4) is 39.1 Å². The standard InChI is InChI=1S/C69H46N2/c1-5-23-51(24-6-1)69(52-25-7-2-8-26-52)64-43-39-56(46-63(64)67-59-34-15-13-20-47(59)38-42-65(67)69)71-66-45-50(37-40-61(66)62-41-36-48-21-14-16-35-60(48)68(62)71)58-33-18-17-32-57(58)49-22-19-31-55(44-49)70(53-27-9-3-10-28-53)54-29-11-4-12-30-54/h1-46H. The van der Waals surface area contributed by atoms with E-state index < -0.39 is 5.41 Å². The highest BCUT2D eigenvalue weighted by Crippen LogP contribution is 2.58. The van der Waals surface area contributed by atoms with Gasteiger partial charge in [0, 0.05) is 38.9 Å². The minimum atomic E-state index is -0.517. The third-order valence-corrected chi connectivity index (χ3v) is 15.0. The van der Waals surface area contributed by atoms with E-state index in [0.29, 0.717) is 0 Å². The van der Waals surface area contributed by atoms with Gasteiger partial charge in [-0.3, -0.25) is 0 Å². The van der Waals surface area contributed by atoms with Gasteiger partial charge in [-0.15, -0.1) is 0 Å². The second-order valence-electron chi connectivity index (χ2n) is 18.8. The van der Waals surface area contributed by atoms with Gasteiger partial charge in [-0.25, -0.2) is 0 Å². The summed E-state index contributed by atoms with van der Waals surface area (Å²) in [5, 5.41) is 7.43. The van der Waals surface area contributed by atoms with Gasteiger partial charge in [0.2, 0.25) is 0 Å². The number of aromatic nitrogens is 1. The van der Waals surface area contributed by atoms with Crippen LogP contribution in [0.25, 0.3) is 82.4 Å². The van der Waals surface area contributed by atoms with Crippen molar-refractivity contribution in [1.29, 1.82) is 0 Å². The highest BCUT2D eigenvalue weighted by molar-refractivity contribution is 6.19. The van der Waals surface area contributed by atoms with E-state index in [1.54, 1.807) is 0 Å². The van der Waals surface area contributed by atoms with Crippen LogP contribution in [-0.4, -0.2) is 4.57 Å². The van der Waals surface area contributed by atoms with Crippen molar-refractivity contribution in [2.75, 3.05) is 4.90 Å². The third-order valence-electron chi connectivity index (χ3n) is 15.0. The zero-order valence-corrected chi connectivity index (χ0v) is 39.0. The molecule has 1 aliphatic carbocycles. The lowest BCUT2D eigenvalue weighted by Crippen LogP contribution is -2.28. The summed E-state index contributed by atoms with van der Waals surface area (Å²) in [4.78, 5) is 2.34. The Balaban J connectivity index is 1.00. The minimum Gasteiger partial charge on any atom is -0.310 e. The van der Waals surface area contributed by atoms with Gasteiger partial charge in [-0.1, -0.05) is 224 Å². The van der Waals surface area contributed by atoms with Gasteiger partial charge < -0.3 is 9.47 Å². The summed E-state index contributed by atoms with van der Waals surface area (Å²) in [6.07, 6.45) is 0. The van der Waals surface area contributed by atoms with Crippen molar-refractivity contribution in [3.63, 3.8) is 0 Å². The van der Waals surface area contributed by atoms with E-state index in [0.717, 1.165) is 28.3 Å². The lowest BCUT2D eigenvalue weighted by atomic mass is 9.67. The van der Waals surface area contributed by atoms with Crippen LogP contribution >= 0.6 is 0 Å². The fourth-order valence-corrected chi connectivity index (χ4v) is 12.0. The van der Waals surface area contributed by atoms with Gasteiger partial charge in [0.25, 0.3) is 0 Å². The molecule has 0 atom stereocenters. The molecule has 0 radical (unpaired) electrons. The van der Waals surface area contributed by atoms with Crippen molar-refractivity contribution in [2.45, 2.75) is 5.41 Å². The van der Waals surface area contributed by atoms with Crippen LogP contribution in [0.5, 0.6) is 0 Å². The van der Waals surface area contributed by atoms with Gasteiger partial charge in [0.1, 0.15) is 0 Å². The molecule has 13 aromatic rings. The lowest BCUT2D eigenvalue weighted by Gasteiger charge is -2.34. The summed E-state index contributed by atoms with van der Waals surface area (Å²) < 4.78 is 2.55. The molecule has 1 heterocycles. The Hall–Kier alpha value is -9.24. The van der Waals surface area contributed by atoms with Crippen LogP contribution in [0.3, 0.4) is 0 Å². The largest absolute Gasteiger partial charge is 0.310 e. The normalized spacial score (nSPS) is 12.6. The van der Waals surface area contributed by atoms with Crippen LogP contribution < -0.4 is 4.90 Å². The van der Waals surface area contributed by atoms with E-state index in [1.807, 2.05) is 0 Å². The van der Waals surface area contributed by atoms with Gasteiger partial charge in [-0.2, -0.15) is 0 Å². The molecule has 0 saturated heterocycles. The van der Waals surface area contributed by atoms with Crippen LogP contribution in [-0.2, 0) is 5.41 Å². The molecule has 71 heavy (non-hydrogen) atoms. The van der Waals surface area contributed by atoms with Gasteiger partial charge in [-0.05, 0) is 126 Å². The Morgan fingerprint density at radius 1 is 0.310 bits per heavy atom. The molecule has 0 N–H and O–H groups in total. The van der Waals surface area contributed by atoms with Gasteiger partial charge >= 0.3 is 0 Å².